The summed E-state index contributed by atoms with van der Waals surface area (Å²) in [7, 11) is 0. The molecule has 0 saturated carbocycles. The van der Waals surface area contributed by atoms with Gasteiger partial charge in [0.1, 0.15) is 6.54 Å². The Morgan fingerprint density at radius 2 is 1.88 bits per heavy atom. The number of nitrogens with one attached hydrogen (secondary N) is 1. The highest BCUT2D eigenvalue weighted by molar-refractivity contribution is 6.44. The number of nitrogens with zero attached hydrogens (tertiary/aromatic N) is 1. The van der Waals surface area contributed by atoms with Gasteiger partial charge in [0.05, 0.1) is 21.2 Å². The topological polar surface area (TPSA) is 51.1 Å². The minimum absolute atomic E-state index is 0.0151. The number of anilines is 1. The molecule has 0 bridgehead atoms. The van der Waals surface area contributed by atoms with E-state index in [2.05, 4.69) is 5.32 Å². The maximum absolute atomic E-state index is 12.3. The summed E-state index contributed by atoms with van der Waals surface area (Å²) in [5.74, 6) is -0.293. The van der Waals surface area contributed by atoms with Crippen LogP contribution in [0.2, 0.25) is 15.1 Å². The second-order valence-electron chi connectivity index (χ2n) is 5.12. The molecule has 0 aliphatic rings. The molecule has 7 heteroatoms. The van der Waals surface area contributed by atoms with E-state index in [0.717, 1.165) is 0 Å². The molecule has 0 saturated heterocycles. The number of hydrogen-bond donors (Lipinski definition) is 1. The Labute approximate surface area is 152 Å². The lowest BCUT2D eigenvalue weighted by molar-refractivity contribution is -0.116. The molecule has 3 aromatic rings. The van der Waals surface area contributed by atoms with E-state index in [0.29, 0.717) is 26.6 Å². The monoisotopic (exact) mass is 380 g/mol. The van der Waals surface area contributed by atoms with Crippen molar-refractivity contribution in [3.05, 3.63) is 74.0 Å². The average molecular weight is 382 g/mol. The molecule has 0 radical (unpaired) electrons. The molecule has 0 aliphatic heterocycles. The molecule has 0 fully saturated rings. The predicted octanol–water partition coefficient (Wildman–Crippen LogP) is 4.60. The molecular formula is C17H11Cl3N2O2. The van der Waals surface area contributed by atoms with Crippen LogP contribution in [0.3, 0.4) is 0 Å². The normalized spacial score (nSPS) is 10.8. The summed E-state index contributed by atoms with van der Waals surface area (Å²) in [6.45, 7) is 0.0151. The summed E-state index contributed by atoms with van der Waals surface area (Å²) < 4.78 is 1.67. The van der Waals surface area contributed by atoms with Crippen molar-refractivity contribution in [2.75, 3.05) is 5.32 Å². The van der Waals surface area contributed by atoms with Crippen LogP contribution < -0.4 is 10.7 Å². The van der Waals surface area contributed by atoms with Crippen molar-refractivity contribution in [3.8, 4) is 0 Å². The van der Waals surface area contributed by atoms with E-state index in [1.807, 2.05) is 0 Å². The van der Waals surface area contributed by atoms with Crippen LogP contribution in [0.1, 0.15) is 0 Å². The van der Waals surface area contributed by atoms with Crippen LogP contribution in [-0.2, 0) is 11.3 Å². The van der Waals surface area contributed by atoms with Gasteiger partial charge in [0.25, 0.3) is 0 Å². The van der Waals surface area contributed by atoms with E-state index in [1.165, 1.54) is 6.07 Å². The second-order valence-corrected chi connectivity index (χ2v) is 6.34. The molecule has 0 atom stereocenters. The Balaban J connectivity index is 1.90. The zero-order chi connectivity index (χ0) is 17.3. The van der Waals surface area contributed by atoms with Gasteiger partial charge >= 0.3 is 0 Å². The number of hydrogen-bond acceptors (Lipinski definition) is 2. The number of benzene rings is 2. The maximum Gasteiger partial charge on any atom is 0.244 e. The molecule has 0 spiro atoms. The van der Waals surface area contributed by atoms with E-state index >= 15 is 0 Å². The van der Waals surface area contributed by atoms with Gasteiger partial charge in [-0.05, 0) is 30.3 Å². The van der Waals surface area contributed by atoms with Crippen LogP contribution in [0.5, 0.6) is 0 Å². The fourth-order valence-corrected chi connectivity index (χ4v) is 2.89. The average Bonchev–Trinajstić information content (AvgIpc) is 2.55. The molecule has 122 valence electrons. The van der Waals surface area contributed by atoms with Crippen LogP contribution in [0, 0.1) is 0 Å². The third-order valence-corrected chi connectivity index (χ3v) is 4.53. The van der Waals surface area contributed by atoms with Crippen molar-refractivity contribution in [2.45, 2.75) is 6.54 Å². The molecular weight excluding hydrogens is 371 g/mol. The molecule has 3 rings (SSSR count). The van der Waals surface area contributed by atoms with Gasteiger partial charge in [-0.3, -0.25) is 9.59 Å². The second kappa shape index (κ2) is 6.85. The Kier molecular flexibility index (Phi) is 4.81. The summed E-state index contributed by atoms with van der Waals surface area (Å²) in [6.07, 6.45) is 1.57. The fourth-order valence-electron chi connectivity index (χ4n) is 2.37. The fraction of sp³-hybridized carbons (Fsp3) is 0.0588. The van der Waals surface area contributed by atoms with Crippen molar-refractivity contribution in [1.29, 1.82) is 0 Å². The molecule has 1 heterocycles. The predicted molar refractivity (Wildman–Crippen MR) is 98.3 cm³/mol. The summed E-state index contributed by atoms with van der Waals surface area (Å²) in [6, 6.07) is 11.4. The minimum atomic E-state index is -0.293. The van der Waals surface area contributed by atoms with Crippen molar-refractivity contribution in [2.24, 2.45) is 0 Å². The number of aromatic nitrogens is 1. The van der Waals surface area contributed by atoms with E-state index in [4.69, 9.17) is 34.8 Å². The number of fused-ring (bicyclic) bond motifs is 1. The Morgan fingerprint density at radius 3 is 2.67 bits per heavy atom. The van der Waals surface area contributed by atoms with E-state index in [1.54, 1.807) is 47.2 Å². The van der Waals surface area contributed by atoms with E-state index in [9.17, 15) is 9.59 Å². The van der Waals surface area contributed by atoms with Gasteiger partial charge in [-0.15, -0.1) is 0 Å². The summed E-state index contributed by atoms with van der Waals surface area (Å²) in [5.41, 5.74) is 0.906. The first-order valence-corrected chi connectivity index (χ1v) is 8.11. The minimum Gasteiger partial charge on any atom is -0.338 e. The lowest BCUT2D eigenvalue weighted by Gasteiger charge is -2.12. The number of rotatable bonds is 3. The molecule has 24 heavy (non-hydrogen) atoms. The van der Waals surface area contributed by atoms with Gasteiger partial charge in [-0.25, -0.2) is 0 Å². The van der Waals surface area contributed by atoms with Crippen LogP contribution in [-0.4, -0.2) is 10.5 Å². The van der Waals surface area contributed by atoms with Gasteiger partial charge in [-0.1, -0.05) is 40.9 Å². The number of carbonyl (C=O) groups is 1. The van der Waals surface area contributed by atoms with Gasteiger partial charge in [0.15, 0.2) is 5.43 Å². The van der Waals surface area contributed by atoms with Gasteiger partial charge in [0.2, 0.25) is 5.91 Å². The molecule has 0 unspecified atom stereocenters. The van der Waals surface area contributed by atoms with Crippen LogP contribution in [0.25, 0.3) is 10.9 Å². The number of carbonyl (C=O) groups excluding carboxylic acids is 1. The zero-order valence-electron chi connectivity index (χ0n) is 12.2. The first kappa shape index (κ1) is 16.8. The summed E-state index contributed by atoms with van der Waals surface area (Å²) >= 11 is 17.9. The quantitative estimate of drug-likeness (QED) is 0.721. The number of halogens is 3. The lowest BCUT2D eigenvalue weighted by atomic mass is 10.2. The van der Waals surface area contributed by atoms with E-state index < -0.39 is 0 Å². The van der Waals surface area contributed by atoms with Crippen LogP contribution in [0.15, 0.2) is 53.5 Å². The Bertz CT molecular complexity index is 999. The van der Waals surface area contributed by atoms with Crippen LogP contribution in [0.4, 0.5) is 5.69 Å². The highest BCUT2D eigenvalue weighted by atomic mass is 35.5. The molecule has 1 aromatic heterocycles. The molecule has 2 aromatic carbocycles. The van der Waals surface area contributed by atoms with E-state index in [-0.39, 0.29) is 22.9 Å². The zero-order valence-corrected chi connectivity index (χ0v) is 14.5. The summed E-state index contributed by atoms with van der Waals surface area (Å²) in [5, 5.41) is 4.27. The third-order valence-electron chi connectivity index (χ3n) is 3.48. The van der Waals surface area contributed by atoms with Crippen molar-refractivity contribution in [3.63, 3.8) is 0 Å². The van der Waals surface area contributed by atoms with Crippen molar-refractivity contribution < 1.29 is 4.79 Å². The molecule has 0 aliphatic carbocycles. The van der Waals surface area contributed by atoms with Crippen molar-refractivity contribution >= 4 is 57.3 Å². The number of amides is 1. The number of pyridine rings is 1. The van der Waals surface area contributed by atoms with Crippen LogP contribution >= 0.6 is 34.8 Å². The Morgan fingerprint density at radius 1 is 1.08 bits per heavy atom. The first-order chi connectivity index (χ1) is 11.5. The molecule has 1 amide bonds. The highest BCUT2D eigenvalue weighted by Crippen LogP contribution is 2.29. The van der Waals surface area contributed by atoms with Gasteiger partial charge in [0, 0.05) is 22.7 Å². The SMILES string of the molecule is O=C(Cn1ccc(=O)c2cc(Cl)ccc21)Nc1cccc(Cl)c1Cl. The van der Waals surface area contributed by atoms with Gasteiger partial charge < -0.3 is 9.88 Å². The lowest BCUT2D eigenvalue weighted by Crippen LogP contribution is -2.20. The van der Waals surface area contributed by atoms with Gasteiger partial charge in [-0.2, -0.15) is 0 Å². The highest BCUT2D eigenvalue weighted by Gasteiger charge is 2.10. The summed E-state index contributed by atoms with van der Waals surface area (Å²) in [4.78, 5) is 24.2. The molecule has 1 N–H and O–H groups in total. The smallest absolute Gasteiger partial charge is 0.244 e. The third kappa shape index (κ3) is 3.41. The standard InChI is InChI=1S/C17H11Cl3N2O2/c18-10-4-5-14-11(8-10)15(23)6-7-22(14)9-16(24)21-13-3-1-2-12(19)17(13)20/h1-8H,9H2,(H,21,24). The van der Waals surface area contributed by atoms with Crippen molar-refractivity contribution in [1.82, 2.24) is 4.57 Å². The maximum atomic E-state index is 12.3. The largest absolute Gasteiger partial charge is 0.338 e. The Hall–Kier alpha value is -2.01. The first-order valence-electron chi connectivity index (χ1n) is 6.98. The molecule has 4 nitrogen and oxygen atoms in total.